The molecule has 1 aromatic heterocycles. The molecule has 102 valence electrons. The van der Waals surface area contributed by atoms with Crippen molar-refractivity contribution in [2.45, 2.75) is 6.92 Å². The van der Waals surface area contributed by atoms with Crippen molar-refractivity contribution >= 4 is 17.6 Å². The van der Waals surface area contributed by atoms with Gasteiger partial charge in [0.2, 0.25) is 0 Å². The van der Waals surface area contributed by atoms with E-state index in [1.807, 2.05) is 13.0 Å². The quantitative estimate of drug-likeness (QED) is 0.923. The summed E-state index contributed by atoms with van der Waals surface area (Å²) < 4.78 is 0. The molecular formula is C15H14N2O3. The fourth-order valence-corrected chi connectivity index (χ4v) is 1.86. The fraction of sp³-hybridized carbons (Fsp3) is 0.133. The number of anilines is 1. The lowest BCUT2D eigenvalue weighted by atomic mass is 10.2. The second kappa shape index (κ2) is 5.97. The number of carboxylic acids is 1. The number of nitrogens with zero attached hydrogens (tertiary/aromatic N) is 2. The zero-order valence-electron chi connectivity index (χ0n) is 11.0. The minimum Gasteiger partial charge on any atom is -0.480 e. The number of rotatable bonds is 4. The maximum atomic E-state index is 12.4. The van der Waals surface area contributed by atoms with E-state index in [1.54, 1.807) is 36.5 Å². The monoisotopic (exact) mass is 270 g/mol. The Kier molecular flexibility index (Phi) is 4.10. The maximum Gasteiger partial charge on any atom is 0.323 e. The van der Waals surface area contributed by atoms with E-state index in [4.69, 9.17) is 5.11 Å². The van der Waals surface area contributed by atoms with Crippen molar-refractivity contribution in [2.75, 3.05) is 11.4 Å². The van der Waals surface area contributed by atoms with Crippen LogP contribution in [0.4, 0.5) is 5.69 Å². The Morgan fingerprint density at radius 1 is 1.25 bits per heavy atom. The predicted molar refractivity (Wildman–Crippen MR) is 74.7 cm³/mol. The molecule has 0 aliphatic carbocycles. The molecule has 0 aliphatic heterocycles. The molecule has 0 atom stereocenters. The van der Waals surface area contributed by atoms with Gasteiger partial charge in [0.25, 0.3) is 5.91 Å². The third kappa shape index (κ3) is 3.20. The van der Waals surface area contributed by atoms with Crippen LogP contribution in [0.3, 0.4) is 0 Å². The first-order valence-corrected chi connectivity index (χ1v) is 6.08. The molecule has 0 saturated heterocycles. The first kappa shape index (κ1) is 13.7. The number of benzene rings is 1. The second-order valence-electron chi connectivity index (χ2n) is 4.37. The van der Waals surface area contributed by atoms with E-state index < -0.39 is 12.5 Å². The summed E-state index contributed by atoms with van der Waals surface area (Å²) in [5.74, 6) is -1.45. The highest BCUT2D eigenvalue weighted by Crippen LogP contribution is 2.18. The van der Waals surface area contributed by atoms with Gasteiger partial charge in [0.1, 0.15) is 6.54 Å². The van der Waals surface area contributed by atoms with Crippen LogP contribution < -0.4 is 4.90 Å². The van der Waals surface area contributed by atoms with Crippen LogP contribution in [0.1, 0.15) is 15.9 Å². The molecule has 1 aromatic carbocycles. The Morgan fingerprint density at radius 3 is 2.65 bits per heavy atom. The highest BCUT2D eigenvalue weighted by atomic mass is 16.4. The predicted octanol–water partition coefficient (Wildman–Crippen LogP) is 2.12. The average Bonchev–Trinajstić information content (AvgIpc) is 2.45. The molecule has 1 N–H and O–H groups in total. The number of aliphatic carboxylic acids is 1. The van der Waals surface area contributed by atoms with Gasteiger partial charge < -0.3 is 5.11 Å². The topological polar surface area (TPSA) is 70.5 Å². The van der Waals surface area contributed by atoms with Gasteiger partial charge in [-0.15, -0.1) is 0 Å². The Labute approximate surface area is 116 Å². The third-order valence-electron chi connectivity index (χ3n) is 2.76. The van der Waals surface area contributed by atoms with Crippen LogP contribution in [0.5, 0.6) is 0 Å². The molecule has 0 saturated carbocycles. The lowest BCUT2D eigenvalue weighted by Gasteiger charge is -2.21. The van der Waals surface area contributed by atoms with Crippen LogP contribution in [0.15, 0.2) is 48.8 Å². The third-order valence-corrected chi connectivity index (χ3v) is 2.76. The largest absolute Gasteiger partial charge is 0.480 e. The molecular weight excluding hydrogens is 256 g/mol. The van der Waals surface area contributed by atoms with Crippen molar-refractivity contribution in [1.82, 2.24) is 4.98 Å². The molecule has 5 heteroatoms. The fourth-order valence-electron chi connectivity index (χ4n) is 1.86. The molecule has 2 rings (SSSR count). The van der Waals surface area contributed by atoms with Gasteiger partial charge in [0.15, 0.2) is 0 Å². The standard InChI is InChI=1S/C15H14N2O3/c1-11-4-2-6-13(8-11)17(10-14(18)19)15(20)12-5-3-7-16-9-12/h2-9H,10H2,1H3,(H,18,19). The number of amides is 1. The lowest BCUT2D eigenvalue weighted by Crippen LogP contribution is -2.35. The molecule has 0 spiro atoms. The molecule has 0 radical (unpaired) electrons. The number of aryl methyl sites for hydroxylation is 1. The smallest absolute Gasteiger partial charge is 0.323 e. The van der Waals surface area contributed by atoms with Gasteiger partial charge in [-0.3, -0.25) is 19.5 Å². The maximum absolute atomic E-state index is 12.4. The van der Waals surface area contributed by atoms with Crippen molar-refractivity contribution in [2.24, 2.45) is 0 Å². The molecule has 5 nitrogen and oxygen atoms in total. The van der Waals surface area contributed by atoms with Crippen molar-refractivity contribution in [3.8, 4) is 0 Å². The summed E-state index contributed by atoms with van der Waals surface area (Å²) in [5.41, 5.74) is 1.87. The summed E-state index contributed by atoms with van der Waals surface area (Å²) in [7, 11) is 0. The first-order chi connectivity index (χ1) is 9.58. The van der Waals surface area contributed by atoms with Crippen LogP contribution in [-0.4, -0.2) is 28.5 Å². The Hall–Kier alpha value is -2.69. The molecule has 20 heavy (non-hydrogen) atoms. The minimum absolute atomic E-state index is 0.357. The van der Waals surface area contributed by atoms with E-state index in [9.17, 15) is 9.59 Å². The number of hydrogen-bond donors (Lipinski definition) is 1. The van der Waals surface area contributed by atoms with Crippen molar-refractivity contribution in [3.63, 3.8) is 0 Å². The number of carbonyl (C=O) groups is 2. The zero-order valence-corrected chi connectivity index (χ0v) is 11.0. The van der Waals surface area contributed by atoms with Crippen LogP contribution in [0.25, 0.3) is 0 Å². The van der Waals surface area contributed by atoms with Gasteiger partial charge >= 0.3 is 5.97 Å². The van der Waals surface area contributed by atoms with Gasteiger partial charge in [-0.2, -0.15) is 0 Å². The average molecular weight is 270 g/mol. The number of carbonyl (C=O) groups excluding carboxylic acids is 1. The summed E-state index contributed by atoms with van der Waals surface area (Å²) in [6, 6.07) is 10.4. The number of hydrogen-bond acceptors (Lipinski definition) is 3. The minimum atomic E-state index is -1.07. The van der Waals surface area contributed by atoms with Crippen molar-refractivity contribution < 1.29 is 14.7 Å². The van der Waals surface area contributed by atoms with E-state index in [0.717, 1.165) is 5.56 Å². The van der Waals surface area contributed by atoms with Crippen LogP contribution in [0.2, 0.25) is 0 Å². The van der Waals surface area contributed by atoms with Crippen LogP contribution in [-0.2, 0) is 4.79 Å². The molecule has 0 fully saturated rings. The van der Waals surface area contributed by atoms with E-state index in [1.165, 1.54) is 11.1 Å². The lowest BCUT2D eigenvalue weighted by molar-refractivity contribution is -0.135. The molecule has 1 amide bonds. The Morgan fingerprint density at radius 2 is 2.05 bits per heavy atom. The van der Waals surface area contributed by atoms with E-state index >= 15 is 0 Å². The van der Waals surface area contributed by atoms with E-state index in [2.05, 4.69) is 4.98 Å². The van der Waals surface area contributed by atoms with Crippen molar-refractivity contribution in [3.05, 3.63) is 59.9 Å². The van der Waals surface area contributed by atoms with E-state index in [-0.39, 0.29) is 5.91 Å². The molecule has 0 bridgehead atoms. The van der Waals surface area contributed by atoms with Gasteiger partial charge in [-0.1, -0.05) is 12.1 Å². The normalized spacial score (nSPS) is 10.1. The van der Waals surface area contributed by atoms with Crippen molar-refractivity contribution in [1.29, 1.82) is 0 Å². The molecule has 2 aromatic rings. The Bertz CT molecular complexity index is 626. The molecule has 0 unspecified atom stereocenters. The summed E-state index contributed by atoms with van der Waals surface area (Å²) in [4.78, 5) is 28.5. The van der Waals surface area contributed by atoms with Crippen LogP contribution in [0, 0.1) is 6.92 Å². The summed E-state index contributed by atoms with van der Waals surface area (Å²) in [6.45, 7) is 1.49. The van der Waals surface area contributed by atoms with Gasteiger partial charge in [-0.25, -0.2) is 0 Å². The summed E-state index contributed by atoms with van der Waals surface area (Å²) in [6.07, 6.45) is 2.98. The number of carboxylic acid groups (broad SMARTS) is 1. The summed E-state index contributed by atoms with van der Waals surface area (Å²) >= 11 is 0. The van der Waals surface area contributed by atoms with Crippen LogP contribution >= 0.6 is 0 Å². The molecule has 1 heterocycles. The van der Waals surface area contributed by atoms with Gasteiger partial charge in [-0.05, 0) is 36.8 Å². The van der Waals surface area contributed by atoms with Gasteiger partial charge in [0.05, 0.1) is 5.56 Å². The van der Waals surface area contributed by atoms with E-state index in [0.29, 0.717) is 11.3 Å². The molecule has 0 aliphatic rings. The SMILES string of the molecule is Cc1cccc(N(CC(=O)O)C(=O)c2cccnc2)c1. The second-order valence-corrected chi connectivity index (χ2v) is 4.37. The highest BCUT2D eigenvalue weighted by molar-refractivity contribution is 6.08. The number of pyridine rings is 1. The summed E-state index contributed by atoms with van der Waals surface area (Å²) in [5, 5.41) is 9.00. The first-order valence-electron chi connectivity index (χ1n) is 6.08. The highest BCUT2D eigenvalue weighted by Gasteiger charge is 2.20. The zero-order chi connectivity index (χ0) is 14.5. The number of aromatic nitrogens is 1. The van der Waals surface area contributed by atoms with Gasteiger partial charge in [0, 0.05) is 18.1 Å². The Balaban J connectivity index is 2.38.